The molecular formula is C14H17N3O2. The Hall–Kier alpha value is -2.14. The molecule has 2 aromatic rings. The molecule has 0 atom stereocenters. The van der Waals surface area contributed by atoms with Gasteiger partial charge < -0.3 is 9.84 Å². The SMILES string of the molecule is C=CCn1nnc(CO)c1COc1ccc(C)cc1. The number of benzene rings is 1. The molecule has 0 saturated carbocycles. The maximum atomic E-state index is 9.24. The molecule has 0 amide bonds. The molecule has 100 valence electrons. The lowest BCUT2D eigenvalue weighted by atomic mass is 10.2. The van der Waals surface area contributed by atoms with Crippen molar-refractivity contribution >= 4 is 0 Å². The Morgan fingerprint density at radius 1 is 1.37 bits per heavy atom. The lowest BCUT2D eigenvalue weighted by molar-refractivity contribution is 0.262. The fourth-order valence-corrected chi connectivity index (χ4v) is 1.70. The third kappa shape index (κ3) is 3.20. The van der Waals surface area contributed by atoms with Gasteiger partial charge in [0.25, 0.3) is 0 Å². The smallest absolute Gasteiger partial charge is 0.132 e. The van der Waals surface area contributed by atoms with E-state index in [1.165, 1.54) is 5.56 Å². The molecule has 2 rings (SSSR count). The van der Waals surface area contributed by atoms with Gasteiger partial charge in [0.2, 0.25) is 0 Å². The molecule has 1 aromatic heterocycles. The third-order valence-electron chi connectivity index (χ3n) is 2.77. The molecule has 19 heavy (non-hydrogen) atoms. The summed E-state index contributed by atoms with van der Waals surface area (Å²) in [5, 5.41) is 17.1. The van der Waals surface area contributed by atoms with Crippen LogP contribution in [-0.2, 0) is 19.8 Å². The zero-order chi connectivity index (χ0) is 13.7. The average molecular weight is 259 g/mol. The maximum absolute atomic E-state index is 9.24. The fraction of sp³-hybridized carbons (Fsp3) is 0.286. The van der Waals surface area contributed by atoms with Crippen LogP contribution in [0.5, 0.6) is 5.75 Å². The van der Waals surface area contributed by atoms with E-state index in [1.54, 1.807) is 10.8 Å². The lowest BCUT2D eigenvalue weighted by Crippen LogP contribution is -2.08. The standard InChI is InChI=1S/C14H17N3O2/c1-3-8-17-14(13(9-18)15-16-17)10-19-12-6-4-11(2)5-7-12/h3-7,18H,1,8-10H2,2H3. The highest BCUT2D eigenvalue weighted by atomic mass is 16.5. The van der Waals surface area contributed by atoms with Crippen molar-refractivity contribution < 1.29 is 9.84 Å². The number of nitrogens with zero attached hydrogens (tertiary/aromatic N) is 3. The van der Waals surface area contributed by atoms with Gasteiger partial charge in [-0.3, -0.25) is 0 Å². The molecule has 0 fully saturated rings. The summed E-state index contributed by atoms with van der Waals surface area (Å²) < 4.78 is 7.36. The summed E-state index contributed by atoms with van der Waals surface area (Å²) in [5.41, 5.74) is 2.48. The highest BCUT2D eigenvalue weighted by Crippen LogP contribution is 2.15. The van der Waals surface area contributed by atoms with Gasteiger partial charge in [-0.1, -0.05) is 29.0 Å². The number of ether oxygens (including phenoxy) is 1. The summed E-state index contributed by atoms with van der Waals surface area (Å²) >= 11 is 0. The largest absolute Gasteiger partial charge is 0.487 e. The number of rotatable bonds is 6. The quantitative estimate of drug-likeness (QED) is 0.804. The van der Waals surface area contributed by atoms with Gasteiger partial charge in [0.15, 0.2) is 0 Å². The zero-order valence-corrected chi connectivity index (χ0v) is 10.9. The van der Waals surface area contributed by atoms with Crippen LogP contribution >= 0.6 is 0 Å². The number of aryl methyl sites for hydroxylation is 1. The van der Waals surface area contributed by atoms with Gasteiger partial charge in [-0.25, -0.2) is 4.68 Å². The minimum atomic E-state index is -0.149. The number of aliphatic hydroxyl groups excluding tert-OH is 1. The average Bonchev–Trinajstić information content (AvgIpc) is 2.81. The molecule has 1 heterocycles. The second-order valence-corrected chi connectivity index (χ2v) is 4.21. The molecule has 1 N–H and O–H groups in total. The molecule has 5 heteroatoms. The van der Waals surface area contributed by atoms with Crippen molar-refractivity contribution in [2.24, 2.45) is 0 Å². The molecule has 0 aliphatic rings. The number of allylic oxidation sites excluding steroid dienone is 1. The number of hydrogen-bond donors (Lipinski definition) is 1. The van der Waals surface area contributed by atoms with E-state index in [9.17, 15) is 5.11 Å². The van der Waals surface area contributed by atoms with E-state index in [1.807, 2.05) is 31.2 Å². The highest BCUT2D eigenvalue weighted by molar-refractivity contribution is 5.26. The van der Waals surface area contributed by atoms with Gasteiger partial charge in [0, 0.05) is 0 Å². The summed E-state index contributed by atoms with van der Waals surface area (Å²) in [4.78, 5) is 0. The molecule has 0 radical (unpaired) electrons. The monoisotopic (exact) mass is 259 g/mol. The van der Waals surface area contributed by atoms with Crippen molar-refractivity contribution in [1.29, 1.82) is 0 Å². The van der Waals surface area contributed by atoms with E-state index in [2.05, 4.69) is 16.9 Å². The first kappa shape index (κ1) is 13.3. The lowest BCUT2D eigenvalue weighted by Gasteiger charge is -2.08. The molecule has 0 unspecified atom stereocenters. The molecule has 0 bridgehead atoms. The van der Waals surface area contributed by atoms with Crippen molar-refractivity contribution in [3.8, 4) is 5.75 Å². The molecular weight excluding hydrogens is 242 g/mol. The molecule has 0 spiro atoms. The van der Waals surface area contributed by atoms with Crippen LogP contribution in [0.1, 0.15) is 17.0 Å². The van der Waals surface area contributed by atoms with Crippen molar-refractivity contribution in [3.63, 3.8) is 0 Å². The molecule has 1 aromatic carbocycles. The Morgan fingerprint density at radius 2 is 2.11 bits per heavy atom. The Balaban J connectivity index is 2.11. The van der Waals surface area contributed by atoms with Gasteiger partial charge in [0.05, 0.1) is 13.2 Å². The van der Waals surface area contributed by atoms with E-state index < -0.39 is 0 Å². The Labute approximate surface area is 112 Å². The fourth-order valence-electron chi connectivity index (χ4n) is 1.70. The predicted octanol–water partition coefficient (Wildman–Crippen LogP) is 1.84. The van der Waals surface area contributed by atoms with Crippen LogP contribution in [0, 0.1) is 6.92 Å². The maximum Gasteiger partial charge on any atom is 0.132 e. The number of aliphatic hydroxyl groups is 1. The Morgan fingerprint density at radius 3 is 2.74 bits per heavy atom. The van der Waals surface area contributed by atoms with E-state index in [0.717, 1.165) is 11.4 Å². The first-order valence-corrected chi connectivity index (χ1v) is 6.07. The number of aromatic nitrogens is 3. The topological polar surface area (TPSA) is 60.2 Å². The van der Waals surface area contributed by atoms with Gasteiger partial charge >= 0.3 is 0 Å². The number of hydrogen-bond acceptors (Lipinski definition) is 4. The van der Waals surface area contributed by atoms with Crippen LogP contribution in [0.2, 0.25) is 0 Å². The van der Waals surface area contributed by atoms with Crippen molar-refractivity contribution in [2.45, 2.75) is 26.7 Å². The minimum absolute atomic E-state index is 0.149. The summed E-state index contributed by atoms with van der Waals surface area (Å²) in [6, 6.07) is 7.80. The summed E-state index contributed by atoms with van der Waals surface area (Å²) in [6.07, 6.45) is 1.73. The zero-order valence-electron chi connectivity index (χ0n) is 10.9. The highest BCUT2D eigenvalue weighted by Gasteiger charge is 2.11. The normalized spacial score (nSPS) is 10.4. The van der Waals surface area contributed by atoms with E-state index in [4.69, 9.17) is 4.74 Å². The van der Waals surface area contributed by atoms with E-state index in [0.29, 0.717) is 18.8 Å². The summed E-state index contributed by atoms with van der Waals surface area (Å²) in [6.45, 7) is 6.40. The second-order valence-electron chi connectivity index (χ2n) is 4.21. The Bertz CT molecular complexity index is 546. The van der Waals surface area contributed by atoms with Gasteiger partial charge in [0.1, 0.15) is 23.7 Å². The van der Waals surface area contributed by atoms with Crippen LogP contribution in [0.3, 0.4) is 0 Å². The van der Waals surface area contributed by atoms with Crippen molar-refractivity contribution in [2.75, 3.05) is 0 Å². The van der Waals surface area contributed by atoms with Crippen molar-refractivity contribution in [3.05, 3.63) is 53.9 Å². The van der Waals surface area contributed by atoms with Crippen LogP contribution in [0.4, 0.5) is 0 Å². The summed E-state index contributed by atoms with van der Waals surface area (Å²) in [7, 11) is 0. The second kappa shape index (κ2) is 6.15. The first-order valence-electron chi connectivity index (χ1n) is 6.07. The van der Waals surface area contributed by atoms with Crippen LogP contribution in [0.15, 0.2) is 36.9 Å². The van der Waals surface area contributed by atoms with E-state index in [-0.39, 0.29) is 6.61 Å². The van der Waals surface area contributed by atoms with Crippen LogP contribution in [-0.4, -0.2) is 20.1 Å². The summed E-state index contributed by atoms with van der Waals surface area (Å²) in [5.74, 6) is 0.779. The predicted molar refractivity (Wildman–Crippen MR) is 71.7 cm³/mol. The third-order valence-corrected chi connectivity index (χ3v) is 2.77. The van der Waals surface area contributed by atoms with Crippen LogP contribution in [0.25, 0.3) is 0 Å². The first-order chi connectivity index (χ1) is 9.24. The molecule has 5 nitrogen and oxygen atoms in total. The minimum Gasteiger partial charge on any atom is -0.487 e. The van der Waals surface area contributed by atoms with Gasteiger partial charge in [-0.05, 0) is 19.1 Å². The van der Waals surface area contributed by atoms with E-state index >= 15 is 0 Å². The van der Waals surface area contributed by atoms with Crippen molar-refractivity contribution in [1.82, 2.24) is 15.0 Å². The van der Waals surface area contributed by atoms with Crippen LogP contribution < -0.4 is 4.74 Å². The Kier molecular flexibility index (Phi) is 4.30. The van der Waals surface area contributed by atoms with Gasteiger partial charge in [-0.2, -0.15) is 0 Å². The van der Waals surface area contributed by atoms with Gasteiger partial charge in [-0.15, -0.1) is 11.7 Å². The molecule has 0 saturated heterocycles. The molecule has 0 aliphatic carbocycles. The molecule has 0 aliphatic heterocycles.